The van der Waals surface area contributed by atoms with Crippen molar-refractivity contribution in [2.75, 3.05) is 26.2 Å². The molecule has 3 nitrogen and oxygen atoms in total. The molecule has 0 aromatic carbocycles. The Morgan fingerprint density at radius 1 is 1.44 bits per heavy atom. The fraction of sp³-hybridized carbons (Fsp3) is 1.00. The number of aliphatic hydroxyl groups is 1. The van der Waals surface area contributed by atoms with E-state index in [0.29, 0.717) is 6.04 Å². The average Bonchev–Trinajstić information content (AvgIpc) is 2.74. The van der Waals surface area contributed by atoms with Gasteiger partial charge in [-0.1, -0.05) is 27.2 Å². The molecule has 0 bridgehead atoms. The van der Waals surface area contributed by atoms with Crippen molar-refractivity contribution in [1.82, 2.24) is 10.2 Å². The van der Waals surface area contributed by atoms with Gasteiger partial charge in [-0.3, -0.25) is 0 Å². The number of hydrogen-bond donors (Lipinski definition) is 2. The Labute approximate surface area is 113 Å². The number of hydrogen-bond acceptors (Lipinski definition) is 3. The zero-order chi connectivity index (χ0) is 13.6. The summed E-state index contributed by atoms with van der Waals surface area (Å²) in [4.78, 5) is 2.57. The van der Waals surface area contributed by atoms with Crippen molar-refractivity contribution in [1.29, 1.82) is 0 Å². The fourth-order valence-electron chi connectivity index (χ4n) is 3.06. The number of rotatable bonds is 8. The molecule has 2 N–H and O–H groups in total. The van der Waals surface area contributed by atoms with Gasteiger partial charge in [-0.15, -0.1) is 0 Å². The molecule has 18 heavy (non-hydrogen) atoms. The van der Waals surface area contributed by atoms with E-state index in [2.05, 4.69) is 37.9 Å². The minimum absolute atomic E-state index is 0.128. The number of likely N-dealkylation sites (tertiary alicyclic amines) is 1. The van der Waals surface area contributed by atoms with E-state index in [9.17, 15) is 5.11 Å². The third-order valence-electron chi connectivity index (χ3n) is 4.03. The van der Waals surface area contributed by atoms with Crippen LogP contribution in [0.4, 0.5) is 0 Å². The Kier molecular flexibility index (Phi) is 6.61. The minimum Gasteiger partial charge on any atom is -0.394 e. The van der Waals surface area contributed by atoms with Gasteiger partial charge in [-0.25, -0.2) is 0 Å². The van der Waals surface area contributed by atoms with E-state index in [-0.39, 0.29) is 12.1 Å². The fourth-order valence-corrected chi connectivity index (χ4v) is 3.06. The van der Waals surface area contributed by atoms with Crippen molar-refractivity contribution in [3.63, 3.8) is 0 Å². The number of nitrogens with zero attached hydrogens (tertiary/aromatic N) is 1. The summed E-state index contributed by atoms with van der Waals surface area (Å²) >= 11 is 0. The summed E-state index contributed by atoms with van der Waals surface area (Å²) in [7, 11) is 0. The quantitative estimate of drug-likeness (QED) is 0.699. The Bertz CT molecular complexity index is 233. The molecule has 2 unspecified atom stereocenters. The van der Waals surface area contributed by atoms with Gasteiger partial charge in [0.05, 0.1) is 6.61 Å². The first kappa shape index (κ1) is 15.9. The van der Waals surface area contributed by atoms with Crippen LogP contribution >= 0.6 is 0 Å². The van der Waals surface area contributed by atoms with E-state index in [1.165, 1.54) is 32.4 Å². The largest absolute Gasteiger partial charge is 0.394 e. The highest BCUT2D eigenvalue weighted by molar-refractivity contribution is 4.86. The summed E-state index contributed by atoms with van der Waals surface area (Å²) in [5.74, 6) is 0.911. The Morgan fingerprint density at radius 2 is 2.17 bits per heavy atom. The van der Waals surface area contributed by atoms with Crippen LogP contribution in [0.1, 0.15) is 53.4 Å². The van der Waals surface area contributed by atoms with Crippen molar-refractivity contribution < 1.29 is 5.11 Å². The molecular formula is C15H32N2O. The Hall–Kier alpha value is -0.120. The molecule has 0 amide bonds. The van der Waals surface area contributed by atoms with Crippen LogP contribution in [0.5, 0.6) is 0 Å². The van der Waals surface area contributed by atoms with Crippen molar-refractivity contribution in [3.8, 4) is 0 Å². The minimum atomic E-state index is -0.128. The van der Waals surface area contributed by atoms with Crippen LogP contribution in [-0.2, 0) is 0 Å². The van der Waals surface area contributed by atoms with Gasteiger partial charge in [-0.2, -0.15) is 0 Å². The zero-order valence-electron chi connectivity index (χ0n) is 12.7. The molecule has 0 radical (unpaired) electrons. The van der Waals surface area contributed by atoms with E-state index in [1.807, 2.05) is 0 Å². The molecule has 0 aromatic heterocycles. The van der Waals surface area contributed by atoms with Crippen molar-refractivity contribution in [2.24, 2.45) is 5.92 Å². The maximum atomic E-state index is 9.56. The highest BCUT2D eigenvalue weighted by Gasteiger charge is 2.27. The van der Waals surface area contributed by atoms with Gasteiger partial charge in [0.1, 0.15) is 0 Å². The molecule has 1 aliphatic heterocycles. The van der Waals surface area contributed by atoms with E-state index < -0.39 is 0 Å². The molecule has 1 aliphatic rings. The van der Waals surface area contributed by atoms with Gasteiger partial charge in [0.15, 0.2) is 0 Å². The lowest BCUT2D eigenvalue weighted by Crippen LogP contribution is -2.50. The van der Waals surface area contributed by atoms with Crippen LogP contribution in [-0.4, -0.2) is 47.8 Å². The summed E-state index contributed by atoms with van der Waals surface area (Å²) in [5.41, 5.74) is -0.128. The summed E-state index contributed by atoms with van der Waals surface area (Å²) in [5, 5.41) is 13.1. The van der Waals surface area contributed by atoms with Crippen LogP contribution in [0.15, 0.2) is 0 Å². The molecule has 0 saturated carbocycles. The first-order valence-corrected chi connectivity index (χ1v) is 7.60. The van der Waals surface area contributed by atoms with Crippen LogP contribution in [0, 0.1) is 5.92 Å². The van der Waals surface area contributed by atoms with E-state index >= 15 is 0 Å². The Balaban J connectivity index is 2.31. The average molecular weight is 256 g/mol. The zero-order valence-corrected chi connectivity index (χ0v) is 12.7. The lowest BCUT2D eigenvalue weighted by Gasteiger charge is -2.33. The first-order valence-electron chi connectivity index (χ1n) is 7.60. The third kappa shape index (κ3) is 5.25. The van der Waals surface area contributed by atoms with Gasteiger partial charge < -0.3 is 15.3 Å². The molecular weight excluding hydrogens is 224 g/mol. The lowest BCUT2D eigenvalue weighted by atomic mass is 9.97. The van der Waals surface area contributed by atoms with Gasteiger partial charge in [0.2, 0.25) is 0 Å². The highest BCUT2D eigenvalue weighted by Crippen LogP contribution is 2.22. The maximum Gasteiger partial charge on any atom is 0.0611 e. The third-order valence-corrected chi connectivity index (χ3v) is 4.03. The van der Waals surface area contributed by atoms with Gasteiger partial charge in [0.25, 0.3) is 0 Å². The summed E-state index contributed by atoms with van der Waals surface area (Å²) in [6.45, 7) is 12.5. The molecule has 2 atom stereocenters. The van der Waals surface area contributed by atoms with E-state index in [1.54, 1.807) is 0 Å². The lowest BCUT2D eigenvalue weighted by molar-refractivity contribution is 0.142. The summed E-state index contributed by atoms with van der Waals surface area (Å²) in [6.07, 6.45) is 5.07. The molecule has 1 saturated heterocycles. The topological polar surface area (TPSA) is 35.5 Å². The SMILES string of the molecule is CCCC1CCN(CCC(C)(CO)NC(C)C)C1. The number of nitrogens with one attached hydrogen (secondary N) is 1. The van der Waals surface area contributed by atoms with E-state index in [4.69, 9.17) is 0 Å². The molecule has 0 spiro atoms. The highest BCUT2D eigenvalue weighted by atomic mass is 16.3. The van der Waals surface area contributed by atoms with Crippen LogP contribution in [0.25, 0.3) is 0 Å². The predicted molar refractivity (Wildman–Crippen MR) is 77.8 cm³/mol. The van der Waals surface area contributed by atoms with Gasteiger partial charge in [0, 0.05) is 18.1 Å². The monoisotopic (exact) mass is 256 g/mol. The summed E-state index contributed by atoms with van der Waals surface area (Å²) < 4.78 is 0. The number of aliphatic hydroxyl groups excluding tert-OH is 1. The molecule has 108 valence electrons. The molecule has 0 aliphatic carbocycles. The van der Waals surface area contributed by atoms with Crippen LogP contribution < -0.4 is 5.32 Å². The van der Waals surface area contributed by atoms with Crippen LogP contribution in [0.3, 0.4) is 0 Å². The molecule has 1 rings (SSSR count). The van der Waals surface area contributed by atoms with Crippen molar-refractivity contribution in [3.05, 3.63) is 0 Å². The second kappa shape index (κ2) is 7.46. The predicted octanol–water partition coefficient (Wildman–Crippen LogP) is 2.25. The first-order chi connectivity index (χ1) is 8.49. The van der Waals surface area contributed by atoms with Gasteiger partial charge in [-0.05, 0) is 45.2 Å². The van der Waals surface area contributed by atoms with Crippen LogP contribution in [0.2, 0.25) is 0 Å². The van der Waals surface area contributed by atoms with Crippen molar-refractivity contribution >= 4 is 0 Å². The van der Waals surface area contributed by atoms with Crippen molar-refractivity contribution in [2.45, 2.75) is 65.0 Å². The second-order valence-electron chi connectivity index (χ2n) is 6.51. The standard InChI is InChI=1S/C15H32N2O/c1-5-6-14-7-9-17(11-14)10-8-15(4,12-18)16-13(2)3/h13-14,16,18H,5-12H2,1-4H3. The molecule has 1 heterocycles. The van der Waals surface area contributed by atoms with Gasteiger partial charge >= 0.3 is 0 Å². The molecule has 1 fully saturated rings. The Morgan fingerprint density at radius 3 is 2.72 bits per heavy atom. The normalized spacial score (nSPS) is 24.7. The van der Waals surface area contributed by atoms with E-state index in [0.717, 1.165) is 18.9 Å². The maximum absolute atomic E-state index is 9.56. The molecule has 3 heteroatoms. The smallest absolute Gasteiger partial charge is 0.0611 e. The summed E-state index contributed by atoms with van der Waals surface area (Å²) in [6, 6.07) is 0.425. The molecule has 0 aromatic rings. The second-order valence-corrected chi connectivity index (χ2v) is 6.51.